The lowest BCUT2D eigenvalue weighted by Gasteiger charge is -2.03. The molecule has 0 spiro atoms. The highest BCUT2D eigenvalue weighted by Crippen LogP contribution is 2.18. The van der Waals surface area contributed by atoms with Gasteiger partial charge in [-0.15, -0.1) is 5.10 Å². The first-order chi connectivity index (χ1) is 12.1. The van der Waals surface area contributed by atoms with E-state index >= 15 is 0 Å². The fraction of sp³-hybridized carbons (Fsp3) is 0.111. The van der Waals surface area contributed by atoms with Gasteiger partial charge in [-0.1, -0.05) is 18.2 Å². The molecule has 0 fully saturated rings. The first-order valence-electron chi connectivity index (χ1n) is 7.79. The molecule has 0 N–H and O–H groups in total. The quantitative estimate of drug-likeness (QED) is 0.529. The van der Waals surface area contributed by atoms with Gasteiger partial charge in [-0.05, 0) is 54.1 Å². The molecule has 1 aromatic carbocycles. The fourth-order valence-electron chi connectivity index (χ4n) is 2.61. The summed E-state index contributed by atoms with van der Waals surface area (Å²) in [4.78, 5) is 13.4. The lowest BCUT2D eigenvalue weighted by Crippen LogP contribution is -1.97. The molecule has 0 aliphatic carbocycles. The molecule has 0 radical (unpaired) electrons. The molecule has 124 valence electrons. The van der Waals surface area contributed by atoms with Crippen LogP contribution >= 0.6 is 15.9 Å². The van der Waals surface area contributed by atoms with Crippen LogP contribution in [0, 0.1) is 13.8 Å². The molecule has 0 aliphatic heterocycles. The summed E-state index contributed by atoms with van der Waals surface area (Å²) in [6.45, 7) is 3.89. The molecule has 4 rings (SSSR count). The van der Waals surface area contributed by atoms with Gasteiger partial charge in [-0.3, -0.25) is 9.55 Å². The summed E-state index contributed by atoms with van der Waals surface area (Å²) in [5, 5.41) is 4.53. The zero-order chi connectivity index (χ0) is 17.4. The smallest absolute Gasteiger partial charge is 0.177 e. The maximum atomic E-state index is 4.55. The lowest BCUT2D eigenvalue weighted by atomic mass is 10.3. The number of nitrogens with zero attached hydrogens (tertiary/aromatic N) is 6. The van der Waals surface area contributed by atoms with Crippen LogP contribution in [0.15, 0.2) is 47.3 Å². The van der Waals surface area contributed by atoms with Gasteiger partial charge in [0.2, 0.25) is 0 Å². The SMILES string of the molecule is Cc1ncc(C)n2nc(/C=C/c3nc(Br)cn3-c3ccccc3)nc12. The minimum Gasteiger partial charge on any atom is -0.299 e. The molecular formula is C18H15BrN6. The standard InChI is InChI=1S/C18H15BrN6/c1-12-10-20-13(2)18-22-16(23-25(12)18)8-9-17-21-15(19)11-24(17)14-6-4-3-5-7-14/h3-11H,1-2H3/b9-8+. The van der Waals surface area contributed by atoms with E-state index in [4.69, 9.17) is 0 Å². The van der Waals surface area contributed by atoms with Crippen molar-refractivity contribution in [2.45, 2.75) is 13.8 Å². The third kappa shape index (κ3) is 2.98. The normalized spacial score (nSPS) is 11.6. The maximum absolute atomic E-state index is 4.55. The van der Waals surface area contributed by atoms with Crippen molar-refractivity contribution in [3.05, 3.63) is 70.4 Å². The molecule has 0 aliphatic rings. The van der Waals surface area contributed by atoms with E-state index in [1.54, 1.807) is 6.20 Å². The predicted molar refractivity (Wildman–Crippen MR) is 100 cm³/mol. The number of aromatic nitrogens is 6. The van der Waals surface area contributed by atoms with Gasteiger partial charge in [0, 0.05) is 18.1 Å². The molecular weight excluding hydrogens is 380 g/mol. The summed E-state index contributed by atoms with van der Waals surface area (Å²) in [6.07, 6.45) is 7.50. The molecule has 0 saturated heterocycles. The van der Waals surface area contributed by atoms with E-state index in [9.17, 15) is 0 Å². The van der Waals surface area contributed by atoms with E-state index in [1.807, 2.05) is 71.6 Å². The van der Waals surface area contributed by atoms with Crippen LogP contribution in [0.5, 0.6) is 0 Å². The molecule has 0 bridgehead atoms. The summed E-state index contributed by atoms with van der Waals surface area (Å²) < 4.78 is 4.59. The second-order valence-corrected chi connectivity index (χ2v) is 6.46. The Bertz CT molecular complexity index is 1040. The Hall–Kier alpha value is -2.80. The average Bonchev–Trinajstić information content (AvgIpc) is 3.21. The van der Waals surface area contributed by atoms with Crippen molar-refractivity contribution in [2.75, 3.05) is 0 Å². The molecule has 0 amide bonds. The van der Waals surface area contributed by atoms with E-state index in [2.05, 4.69) is 36.0 Å². The average molecular weight is 395 g/mol. The van der Waals surface area contributed by atoms with E-state index < -0.39 is 0 Å². The number of para-hydroxylation sites is 1. The molecule has 7 heteroatoms. The summed E-state index contributed by atoms with van der Waals surface area (Å²) in [5.74, 6) is 1.42. The Kier molecular flexibility index (Phi) is 3.93. The van der Waals surface area contributed by atoms with Crippen molar-refractivity contribution >= 4 is 33.7 Å². The summed E-state index contributed by atoms with van der Waals surface area (Å²) in [6, 6.07) is 10.1. The molecule has 6 nitrogen and oxygen atoms in total. The number of imidazole rings is 1. The summed E-state index contributed by atoms with van der Waals surface area (Å²) >= 11 is 3.44. The zero-order valence-corrected chi connectivity index (χ0v) is 15.3. The molecule has 0 unspecified atom stereocenters. The van der Waals surface area contributed by atoms with Gasteiger partial charge < -0.3 is 0 Å². The highest BCUT2D eigenvalue weighted by molar-refractivity contribution is 9.10. The van der Waals surface area contributed by atoms with Gasteiger partial charge in [0.1, 0.15) is 10.4 Å². The Morgan fingerprint density at radius 2 is 1.84 bits per heavy atom. The number of rotatable bonds is 3. The van der Waals surface area contributed by atoms with E-state index in [1.165, 1.54) is 0 Å². The van der Waals surface area contributed by atoms with Crippen LogP contribution in [0.1, 0.15) is 23.0 Å². The molecule has 25 heavy (non-hydrogen) atoms. The zero-order valence-electron chi connectivity index (χ0n) is 13.8. The third-order valence-corrected chi connectivity index (χ3v) is 4.23. The highest BCUT2D eigenvalue weighted by atomic mass is 79.9. The van der Waals surface area contributed by atoms with Crippen molar-refractivity contribution in [1.29, 1.82) is 0 Å². The van der Waals surface area contributed by atoms with Crippen molar-refractivity contribution in [1.82, 2.24) is 29.1 Å². The monoisotopic (exact) mass is 394 g/mol. The Morgan fingerprint density at radius 1 is 1.04 bits per heavy atom. The molecule has 0 atom stereocenters. The Balaban J connectivity index is 1.74. The number of fused-ring (bicyclic) bond motifs is 1. The number of hydrogen-bond donors (Lipinski definition) is 0. The van der Waals surface area contributed by atoms with Crippen molar-refractivity contribution in [3.63, 3.8) is 0 Å². The largest absolute Gasteiger partial charge is 0.299 e. The second kappa shape index (κ2) is 6.25. The minimum atomic E-state index is 0.623. The summed E-state index contributed by atoms with van der Waals surface area (Å²) in [7, 11) is 0. The van der Waals surface area contributed by atoms with Gasteiger partial charge in [0.25, 0.3) is 0 Å². The van der Waals surface area contributed by atoms with Crippen LogP contribution in [0.2, 0.25) is 0 Å². The van der Waals surface area contributed by atoms with Gasteiger partial charge >= 0.3 is 0 Å². The molecule has 4 aromatic rings. The van der Waals surface area contributed by atoms with Gasteiger partial charge in [0.05, 0.1) is 11.4 Å². The molecule has 0 saturated carbocycles. The Labute approximate surface area is 153 Å². The fourth-order valence-corrected chi connectivity index (χ4v) is 2.99. The number of benzene rings is 1. The van der Waals surface area contributed by atoms with Crippen LogP contribution in [-0.4, -0.2) is 29.1 Å². The predicted octanol–water partition coefficient (Wildman–Crippen LogP) is 3.86. The van der Waals surface area contributed by atoms with E-state index in [0.717, 1.165) is 33.2 Å². The lowest BCUT2D eigenvalue weighted by molar-refractivity contribution is 0.884. The van der Waals surface area contributed by atoms with Gasteiger partial charge in [-0.2, -0.15) is 0 Å². The first kappa shape index (κ1) is 15.7. The van der Waals surface area contributed by atoms with Crippen LogP contribution in [0.4, 0.5) is 0 Å². The third-order valence-electron chi connectivity index (χ3n) is 3.85. The maximum Gasteiger partial charge on any atom is 0.177 e. The van der Waals surface area contributed by atoms with Gasteiger partial charge in [-0.25, -0.2) is 14.5 Å². The second-order valence-electron chi connectivity index (χ2n) is 5.65. The first-order valence-corrected chi connectivity index (χ1v) is 8.58. The number of halogens is 1. The van der Waals surface area contributed by atoms with Crippen LogP contribution in [0.25, 0.3) is 23.5 Å². The van der Waals surface area contributed by atoms with Crippen LogP contribution in [0.3, 0.4) is 0 Å². The highest BCUT2D eigenvalue weighted by Gasteiger charge is 2.08. The van der Waals surface area contributed by atoms with Crippen molar-refractivity contribution < 1.29 is 0 Å². The van der Waals surface area contributed by atoms with E-state index in [-0.39, 0.29) is 0 Å². The Morgan fingerprint density at radius 3 is 2.60 bits per heavy atom. The summed E-state index contributed by atoms with van der Waals surface area (Å²) in [5.41, 5.74) is 3.61. The molecule has 3 heterocycles. The van der Waals surface area contributed by atoms with Crippen LogP contribution < -0.4 is 0 Å². The topological polar surface area (TPSA) is 60.9 Å². The number of aryl methyl sites for hydroxylation is 2. The van der Waals surface area contributed by atoms with Crippen molar-refractivity contribution in [2.24, 2.45) is 0 Å². The van der Waals surface area contributed by atoms with Crippen molar-refractivity contribution in [3.8, 4) is 5.69 Å². The minimum absolute atomic E-state index is 0.623. The molecule has 3 aromatic heterocycles. The van der Waals surface area contributed by atoms with Crippen LogP contribution in [-0.2, 0) is 0 Å². The van der Waals surface area contributed by atoms with E-state index in [0.29, 0.717) is 5.82 Å². The number of hydrogen-bond acceptors (Lipinski definition) is 4. The van der Waals surface area contributed by atoms with Gasteiger partial charge in [0.15, 0.2) is 11.5 Å².